The summed E-state index contributed by atoms with van der Waals surface area (Å²) in [6.45, 7) is 3.44. The first-order valence-corrected chi connectivity index (χ1v) is 9.25. The predicted molar refractivity (Wildman–Crippen MR) is 93.3 cm³/mol. The molecule has 0 radical (unpaired) electrons. The van der Waals surface area contributed by atoms with Crippen LogP contribution in [0.5, 0.6) is 0 Å². The molecule has 2 aromatic rings. The van der Waals surface area contributed by atoms with Crippen molar-refractivity contribution in [1.29, 1.82) is 0 Å². The summed E-state index contributed by atoms with van der Waals surface area (Å²) in [4.78, 5) is 21.5. The molecule has 120 valence electrons. The van der Waals surface area contributed by atoms with Crippen molar-refractivity contribution in [3.05, 3.63) is 46.5 Å². The van der Waals surface area contributed by atoms with Gasteiger partial charge >= 0.3 is 0 Å². The van der Waals surface area contributed by atoms with Gasteiger partial charge in [-0.3, -0.25) is 4.79 Å². The molecule has 1 saturated heterocycles. The Morgan fingerprint density at radius 3 is 2.83 bits per heavy atom. The highest BCUT2D eigenvalue weighted by molar-refractivity contribution is 7.13. The highest BCUT2D eigenvalue weighted by Gasteiger charge is 2.22. The minimum absolute atomic E-state index is 0.181. The van der Waals surface area contributed by atoms with Crippen LogP contribution in [0.15, 0.2) is 29.8 Å². The number of hydrogen-bond donors (Lipinski definition) is 0. The lowest BCUT2D eigenvalue weighted by atomic mass is 10.1. The number of anilines is 1. The zero-order valence-electron chi connectivity index (χ0n) is 13.2. The van der Waals surface area contributed by atoms with E-state index in [1.807, 2.05) is 22.5 Å². The molecule has 5 heteroatoms. The second-order valence-electron chi connectivity index (χ2n) is 6.28. The van der Waals surface area contributed by atoms with Crippen molar-refractivity contribution >= 4 is 22.4 Å². The number of carbonyl (C=O) groups excluding carboxylic acids is 1. The molecule has 1 aromatic carbocycles. The number of hydrogen-bond acceptors (Lipinski definition) is 4. The Bertz CT molecular complexity index is 698. The van der Waals surface area contributed by atoms with Gasteiger partial charge in [0.1, 0.15) is 0 Å². The van der Waals surface area contributed by atoms with E-state index in [0.717, 1.165) is 56.1 Å². The fourth-order valence-electron chi connectivity index (χ4n) is 3.57. The number of rotatable bonds is 2. The topological polar surface area (TPSA) is 36.4 Å². The van der Waals surface area contributed by atoms with E-state index >= 15 is 0 Å². The summed E-state index contributed by atoms with van der Waals surface area (Å²) in [6.07, 6.45) is 6.35. The van der Waals surface area contributed by atoms with Crippen molar-refractivity contribution in [3.63, 3.8) is 0 Å². The van der Waals surface area contributed by atoms with E-state index in [9.17, 15) is 4.79 Å². The first-order valence-electron chi connectivity index (χ1n) is 8.37. The van der Waals surface area contributed by atoms with Crippen molar-refractivity contribution in [2.75, 3.05) is 31.1 Å². The average molecular weight is 327 g/mol. The van der Waals surface area contributed by atoms with E-state index in [2.05, 4.69) is 22.0 Å². The number of benzene rings is 1. The largest absolute Gasteiger partial charge is 0.346 e. The molecule has 0 unspecified atom stereocenters. The van der Waals surface area contributed by atoms with Crippen LogP contribution in [-0.2, 0) is 12.8 Å². The minimum atomic E-state index is 0.181. The molecule has 1 aliphatic carbocycles. The summed E-state index contributed by atoms with van der Waals surface area (Å²) in [6, 6.07) is 6.28. The van der Waals surface area contributed by atoms with Crippen molar-refractivity contribution in [2.24, 2.45) is 0 Å². The van der Waals surface area contributed by atoms with Crippen molar-refractivity contribution < 1.29 is 4.79 Å². The third kappa shape index (κ3) is 2.98. The molecule has 0 atom stereocenters. The van der Waals surface area contributed by atoms with Gasteiger partial charge in [-0.1, -0.05) is 6.07 Å². The quantitative estimate of drug-likeness (QED) is 0.851. The molecule has 0 spiro atoms. The van der Waals surface area contributed by atoms with Crippen LogP contribution in [0.3, 0.4) is 0 Å². The number of fused-ring (bicyclic) bond motifs is 1. The van der Waals surface area contributed by atoms with Gasteiger partial charge in [-0.05, 0) is 48.9 Å². The normalized spacial score (nSPS) is 17.9. The number of aromatic nitrogens is 1. The molecule has 23 heavy (non-hydrogen) atoms. The number of amides is 1. The Balaban J connectivity index is 1.46. The van der Waals surface area contributed by atoms with Crippen LogP contribution in [0.25, 0.3) is 0 Å². The smallest absolute Gasteiger partial charge is 0.253 e. The fraction of sp³-hybridized carbons (Fsp3) is 0.444. The third-order valence-electron chi connectivity index (χ3n) is 4.82. The SMILES string of the molecule is O=C(c1ccc2c(c1)CCC2)N1CCCN(c2nccs2)CC1. The molecule has 4 rings (SSSR count). The minimum Gasteiger partial charge on any atom is -0.346 e. The molecule has 1 aliphatic heterocycles. The maximum atomic E-state index is 12.8. The Morgan fingerprint density at radius 1 is 1.04 bits per heavy atom. The molecule has 2 aliphatic rings. The first-order chi connectivity index (χ1) is 11.3. The van der Waals surface area contributed by atoms with Crippen LogP contribution in [0.4, 0.5) is 5.13 Å². The highest BCUT2D eigenvalue weighted by atomic mass is 32.1. The molecule has 1 aromatic heterocycles. The number of aryl methyl sites for hydroxylation is 2. The Labute approximate surface area is 140 Å². The fourth-order valence-corrected chi connectivity index (χ4v) is 4.27. The number of thiazole rings is 1. The van der Waals surface area contributed by atoms with Gasteiger partial charge in [0.25, 0.3) is 5.91 Å². The first kappa shape index (κ1) is 14.7. The Kier molecular flexibility index (Phi) is 4.04. The molecular formula is C18H21N3OS. The van der Waals surface area contributed by atoms with Gasteiger partial charge in [-0.25, -0.2) is 4.98 Å². The van der Waals surface area contributed by atoms with E-state index in [1.165, 1.54) is 17.5 Å². The van der Waals surface area contributed by atoms with Gasteiger partial charge in [-0.15, -0.1) is 11.3 Å². The lowest BCUT2D eigenvalue weighted by Crippen LogP contribution is -2.35. The molecule has 1 amide bonds. The summed E-state index contributed by atoms with van der Waals surface area (Å²) in [5.41, 5.74) is 3.65. The van der Waals surface area contributed by atoms with Crippen molar-refractivity contribution in [3.8, 4) is 0 Å². The monoisotopic (exact) mass is 327 g/mol. The van der Waals surface area contributed by atoms with Crippen molar-refractivity contribution in [2.45, 2.75) is 25.7 Å². The maximum Gasteiger partial charge on any atom is 0.253 e. The highest BCUT2D eigenvalue weighted by Crippen LogP contribution is 2.24. The van der Waals surface area contributed by atoms with Gasteiger partial charge in [0, 0.05) is 43.3 Å². The maximum absolute atomic E-state index is 12.8. The second kappa shape index (κ2) is 6.32. The second-order valence-corrected chi connectivity index (χ2v) is 7.16. The number of nitrogens with zero attached hydrogens (tertiary/aromatic N) is 3. The van der Waals surface area contributed by atoms with Crippen LogP contribution in [-0.4, -0.2) is 42.0 Å². The van der Waals surface area contributed by atoms with E-state index in [4.69, 9.17) is 0 Å². The Hall–Kier alpha value is -1.88. The average Bonchev–Trinajstić information content (AvgIpc) is 3.21. The molecular weight excluding hydrogens is 306 g/mol. The lowest BCUT2D eigenvalue weighted by molar-refractivity contribution is 0.0767. The number of carbonyl (C=O) groups is 1. The third-order valence-corrected chi connectivity index (χ3v) is 5.65. The molecule has 0 saturated carbocycles. The summed E-state index contributed by atoms with van der Waals surface area (Å²) >= 11 is 1.67. The van der Waals surface area contributed by atoms with E-state index in [1.54, 1.807) is 11.3 Å². The van der Waals surface area contributed by atoms with Crippen molar-refractivity contribution in [1.82, 2.24) is 9.88 Å². The predicted octanol–water partition coefficient (Wildman–Crippen LogP) is 2.98. The van der Waals surface area contributed by atoms with Gasteiger partial charge in [0.2, 0.25) is 0 Å². The lowest BCUT2D eigenvalue weighted by Gasteiger charge is -2.22. The summed E-state index contributed by atoms with van der Waals surface area (Å²) in [5.74, 6) is 0.181. The van der Waals surface area contributed by atoms with Crippen LogP contribution in [0.2, 0.25) is 0 Å². The van der Waals surface area contributed by atoms with Gasteiger partial charge in [-0.2, -0.15) is 0 Å². The molecule has 4 nitrogen and oxygen atoms in total. The molecule has 2 heterocycles. The molecule has 0 N–H and O–H groups in total. The van der Waals surface area contributed by atoms with E-state index in [0.29, 0.717) is 0 Å². The van der Waals surface area contributed by atoms with Crippen LogP contribution >= 0.6 is 11.3 Å². The summed E-state index contributed by atoms with van der Waals surface area (Å²) in [5, 5.41) is 3.07. The molecule has 0 bridgehead atoms. The van der Waals surface area contributed by atoms with Gasteiger partial charge in [0.05, 0.1) is 0 Å². The van der Waals surface area contributed by atoms with E-state index in [-0.39, 0.29) is 5.91 Å². The standard InChI is InChI=1S/C18H21N3OS/c22-17(16-6-5-14-3-1-4-15(14)13-16)20-8-2-9-21(11-10-20)18-19-7-12-23-18/h5-7,12-13H,1-4,8-11H2. The van der Waals surface area contributed by atoms with Crippen LogP contribution < -0.4 is 4.90 Å². The zero-order valence-corrected chi connectivity index (χ0v) is 14.0. The van der Waals surface area contributed by atoms with E-state index < -0.39 is 0 Å². The molecule has 1 fully saturated rings. The van der Waals surface area contributed by atoms with Crippen LogP contribution in [0.1, 0.15) is 34.3 Å². The summed E-state index contributed by atoms with van der Waals surface area (Å²) in [7, 11) is 0. The zero-order chi connectivity index (χ0) is 15.6. The van der Waals surface area contributed by atoms with Gasteiger partial charge in [0.15, 0.2) is 5.13 Å². The van der Waals surface area contributed by atoms with Gasteiger partial charge < -0.3 is 9.80 Å². The Morgan fingerprint density at radius 2 is 1.96 bits per heavy atom. The summed E-state index contributed by atoms with van der Waals surface area (Å²) < 4.78 is 0. The van der Waals surface area contributed by atoms with Crippen LogP contribution in [0, 0.1) is 0 Å².